The summed E-state index contributed by atoms with van der Waals surface area (Å²) in [7, 11) is -3.27. The Hall–Kier alpha value is -2.56. The van der Waals surface area contributed by atoms with E-state index in [0.29, 0.717) is 9.21 Å². The van der Waals surface area contributed by atoms with Crippen molar-refractivity contribution in [1.29, 1.82) is 0 Å². The third-order valence-electron chi connectivity index (χ3n) is 4.21. The highest BCUT2D eigenvalue weighted by Crippen LogP contribution is 2.51. The summed E-state index contributed by atoms with van der Waals surface area (Å²) in [5.74, 6) is -2.98. The SMILES string of the molecule is CC(=O)N1C2(CC(=O)N(C)C2=O)c2cc(OC(F)F)ccc2S1(=O)=O. The van der Waals surface area contributed by atoms with E-state index in [2.05, 4.69) is 4.74 Å². The standard InChI is InChI=1S/C14H12F2N2O6S/c1-7(19)18-14(6-11(20)17(2)12(14)21)9-5-8(24-13(15)16)3-4-10(9)25(18,22)23/h3-5,13H,6H2,1-2H3. The predicted molar refractivity (Wildman–Crippen MR) is 76.9 cm³/mol. The molecule has 0 radical (unpaired) electrons. The molecule has 8 nitrogen and oxygen atoms in total. The monoisotopic (exact) mass is 374 g/mol. The molecule has 0 aliphatic carbocycles. The number of sulfonamides is 1. The third kappa shape index (κ3) is 2.15. The number of halogens is 2. The van der Waals surface area contributed by atoms with E-state index in [1.165, 1.54) is 0 Å². The minimum atomic E-state index is -4.42. The second-order valence-electron chi connectivity index (χ2n) is 5.62. The van der Waals surface area contributed by atoms with Crippen molar-refractivity contribution < 1.29 is 36.3 Å². The van der Waals surface area contributed by atoms with Crippen molar-refractivity contribution in [2.75, 3.05) is 7.05 Å². The van der Waals surface area contributed by atoms with E-state index in [0.717, 1.165) is 32.2 Å². The highest BCUT2D eigenvalue weighted by molar-refractivity contribution is 7.90. The van der Waals surface area contributed by atoms with E-state index in [1.54, 1.807) is 0 Å². The molecule has 1 unspecified atom stereocenters. The number of hydrogen-bond donors (Lipinski definition) is 0. The molecular formula is C14H12F2N2O6S. The Morgan fingerprint density at radius 1 is 1.32 bits per heavy atom. The lowest BCUT2D eigenvalue weighted by Crippen LogP contribution is -2.51. The first-order valence-corrected chi connectivity index (χ1v) is 8.44. The van der Waals surface area contributed by atoms with Crippen molar-refractivity contribution in [3.05, 3.63) is 23.8 Å². The molecule has 1 atom stereocenters. The summed E-state index contributed by atoms with van der Waals surface area (Å²) in [6, 6.07) is 2.92. The smallest absolute Gasteiger partial charge is 0.387 e. The van der Waals surface area contributed by atoms with Crippen LogP contribution >= 0.6 is 0 Å². The van der Waals surface area contributed by atoms with Gasteiger partial charge in [-0.15, -0.1) is 0 Å². The lowest BCUT2D eigenvalue weighted by atomic mass is 9.87. The summed E-state index contributed by atoms with van der Waals surface area (Å²) in [5, 5.41) is 0. The van der Waals surface area contributed by atoms with Crippen molar-refractivity contribution in [2.45, 2.75) is 30.4 Å². The molecule has 134 valence electrons. The largest absolute Gasteiger partial charge is 0.435 e. The van der Waals surface area contributed by atoms with E-state index in [4.69, 9.17) is 0 Å². The fourth-order valence-electron chi connectivity index (χ4n) is 3.26. The topological polar surface area (TPSA) is 101 Å². The maximum atomic E-state index is 12.7. The van der Waals surface area contributed by atoms with Crippen molar-refractivity contribution in [3.63, 3.8) is 0 Å². The van der Waals surface area contributed by atoms with Crippen LogP contribution in [0.4, 0.5) is 8.78 Å². The molecule has 0 aromatic heterocycles. The number of hydrogen-bond acceptors (Lipinski definition) is 6. The Kier molecular flexibility index (Phi) is 3.60. The number of amides is 3. The van der Waals surface area contributed by atoms with Crippen LogP contribution in [-0.4, -0.2) is 49.0 Å². The van der Waals surface area contributed by atoms with Crippen molar-refractivity contribution in [1.82, 2.24) is 9.21 Å². The Labute approximate surface area is 141 Å². The Balaban J connectivity index is 2.33. The lowest BCUT2D eigenvalue weighted by molar-refractivity contribution is -0.143. The second kappa shape index (κ2) is 5.22. The van der Waals surface area contributed by atoms with Crippen LogP contribution in [0.5, 0.6) is 5.75 Å². The van der Waals surface area contributed by atoms with Crippen LogP contribution in [-0.2, 0) is 29.9 Å². The zero-order valence-corrected chi connectivity index (χ0v) is 13.8. The number of likely N-dealkylation sites (tertiary alicyclic amines) is 1. The summed E-state index contributed by atoms with van der Waals surface area (Å²) >= 11 is 0. The van der Waals surface area contributed by atoms with Crippen LogP contribution in [0.2, 0.25) is 0 Å². The fraction of sp³-hybridized carbons (Fsp3) is 0.357. The Bertz CT molecular complexity index is 916. The van der Waals surface area contributed by atoms with Gasteiger partial charge in [-0.25, -0.2) is 12.7 Å². The molecule has 2 aliphatic heterocycles. The highest BCUT2D eigenvalue weighted by atomic mass is 32.2. The number of rotatable bonds is 2. The molecule has 3 rings (SSSR count). The number of benzene rings is 1. The molecule has 2 aliphatic rings. The van der Waals surface area contributed by atoms with Crippen molar-refractivity contribution in [2.24, 2.45) is 0 Å². The summed E-state index contributed by atoms with van der Waals surface area (Å²) in [6.45, 7) is -2.22. The van der Waals surface area contributed by atoms with Gasteiger partial charge >= 0.3 is 6.61 Å². The van der Waals surface area contributed by atoms with Gasteiger partial charge in [-0.2, -0.15) is 8.78 Å². The number of carbonyl (C=O) groups is 3. The zero-order chi connectivity index (χ0) is 18.7. The first-order valence-electron chi connectivity index (χ1n) is 7.00. The summed E-state index contributed by atoms with van der Waals surface area (Å²) in [5.41, 5.74) is -2.35. The molecule has 0 saturated carbocycles. The fourth-order valence-corrected chi connectivity index (χ4v) is 5.19. The lowest BCUT2D eigenvalue weighted by Gasteiger charge is -2.30. The Morgan fingerprint density at radius 3 is 2.44 bits per heavy atom. The minimum absolute atomic E-state index is 0.233. The first kappa shape index (κ1) is 17.3. The van der Waals surface area contributed by atoms with Gasteiger partial charge in [0.25, 0.3) is 15.9 Å². The molecule has 25 heavy (non-hydrogen) atoms. The van der Waals surface area contributed by atoms with E-state index in [9.17, 15) is 31.6 Å². The van der Waals surface area contributed by atoms with Gasteiger partial charge in [0.05, 0.1) is 11.3 Å². The molecule has 0 bridgehead atoms. The normalized spacial score (nSPS) is 24.4. The Morgan fingerprint density at radius 2 is 1.96 bits per heavy atom. The number of alkyl halides is 2. The number of likely N-dealkylation sites (N-methyl/N-ethyl adjacent to an activating group) is 1. The van der Waals surface area contributed by atoms with Crippen molar-refractivity contribution >= 4 is 27.7 Å². The van der Waals surface area contributed by atoms with Crippen molar-refractivity contribution in [3.8, 4) is 5.75 Å². The van der Waals surface area contributed by atoms with Gasteiger partial charge in [-0.3, -0.25) is 19.3 Å². The van der Waals surface area contributed by atoms with Gasteiger partial charge in [0, 0.05) is 19.5 Å². The number of carbonyl (C=O) groups excluding carboxylic acids is 3. The molecule has 2 heterocycles. The van der Waals surface area contributed by atoms with E-state index >= 15 is 0 Å². The average Bonchev–Trinajstić information content (AvgIpc) is 2.82. The summed E-state index contributed by atoms with van der Waals surface area (Å²) in [6.07, 6.45) is -0.605. The van der Waals surface area contributed by atoms with Crippen LogP contribution in [0.3, 0.4) is 0 Å². The molecule has 1 saturated heterocycles. The number of fused-ring (bicyclic) bond motifs is 2. The van der Waals surface area contributed by atoms with Gasteiger partial charge in [0.15, 0.2) is 5.54 Å². The molecule has 1 fully saturated rings. The van der Waals surface area contributed by atoms with E-state index in [-0.39, 0.29) is 11.3 Å². The van der Waals surface area contributed by atoms with E-state index < -0.39 is 51.2 Å². The number of ether oxygens (including phenoxy) is 1. The average molecular weight is 374 g/mol. The van der Waals surface area contributed by atoms with Crippen LogP contribution in [0.1, 0.15) is 18.9 Å². The summed E-state index contributed by atoms with van der Waals surface area (Å²) < 4.78 is 55.0. The number of nitrogens with zero attached hydrogens (tertiary/aromatic N) is 2. The van der Waals surface area contributed by atoms with E-state index in [1.807, 2.05) is 0 Å². The second-order valence-corrected chi connectivity index (χ2v) is 7.37. The molecule has 11 heteroatoms. The van der Waals surface area contributed by atoms with Gasteiger partial charge in [0.2, 0.25) is 11.8 Å². The third-order valence-corrected chi connectivity index (χ3v) is 6.17. The maximum Gasteiger partial charge on any atom is 0.387 e. The molecule has 3 amide bonds. The van der Waals surface area contributed by atoms with Crippen LogP contribution in [0, 0.1) is 0 Å². The van der Waals surface area contributed by atoms with Crippen LogP contribution in [0.25, 0.3) is 0 Å². The number of imide groups is 1. The van der Waals surface area contributed by atoms with Crippen LogP contribution in [0.15, 0.2) is 23.1 Å². The summed E-state index contributed by atoms with van der Waals surface area (Å²) in [4.78, 5) is 37.0. The molecular weight excluding hydrogens is 362 g/mol. The van der Waals surface area contributed by atoms with Gasteiger partial charge in [-0.05, 0) is 18.2 Å². The first-order chi connectivity index (χ1) is 11.5. The zero-order valence-electron chi connectivity index (χ0n) is 13.0. The van der Waals surface area contributed by atoms with Gasteiger partial charge in [0.1, 0.15) is 5.75 Å². The highest BCUT2D eigenvalue weighted by Gasteiger charge is 2.65. The molecule has 1 aromatic carbocycles. The maximum absolute atomic E-state index is 12.7. The molecule has 0 N–H and O–H groups in total. The van der Waals surface area contributed by atoms with Gasteiger partial charge < -0.3 is 4.74 Å². The van der Waals surface area contributed by atoms with Crippen LogP contribution < -0.4 is 4.74 Å². The molecule has 1 aromatic rings. The predicted octanol–water partition coefficient (Wildman–Crippen LogP) is 0.423. The van der Waals surface area contributed by atoms with Gasteiger partial charge in [-0.1, -0.05) is 0 Å². The minimum Gasteiger partial charge on any atom is -0.435 e. The molecule has 1 spiro atoms. The quantitative estimate of drug-likeness (QED) is 0.696.